The summed E-state index contributed by atoms with van der Waals surface area (Å²) in [6, 6.07) is 3.82. The molecule has 1 heterocycles. The van der Waals surface area contributed by atoms with Crippen LogP contribution >= 0.6 is 0 Å². The lowest BCUT2D eigenvalue weighted by molar-refractivity contribution is 0.171. The first-order valence-corrected chi connectivity index (χ1v) is 9.46. The molecule has 0 bridgehead atoms. The van der Waals surface area contributed by atoms with E-state index >= 15 is 0 Å². The topological polar surface area (TPSA) is 66.4 Å². The van der Waals surface area contributed by atoms with Crippen LogP contribution in [0.5, 0.6) is 34.5 Å². The number of hydrogen-bond acceptors (Lipinski definition) is 6. The third-order valence-electron chi connectivity index (χ3n) is 5.92. The minimum atomic E-state index is 0.0692. The molecule has 2 atom stereocenters. The van der Waals surface area contributed by atoms with Crippen molar-refractivity contribution < 1.29 is 28.8 Å². The Balaban J connectivity index is 2.12. The van der Waals surface area contributed by atoms with Crippen molar-refractivity contribution in [3.8, 4) is 45.6 Å². The molecule has 0 fully saturated rings. The van der Waals surface area contributed by atoms with Crippen molar-refractivity contribution in [1.29, 1.82) is 0 Å². The average molecular weight is 386 g/mol. The predicted molar refractivity (Wildman–Crippen MR) is 105 cm³/mol. The van der Waals surface area contributed by atoms with Gasteiger partial charge in [-0.1, -0.05) is 13.8 Å². The first-order chi connectivity index (χ1) is 13.5. The molecule has 28 heavy (non-hydrogen) atoms. The largest absolute Gasteiger partial charge is 0.504 e. The summed E-state index contributed by atoms with van der Waals surface area (Å²) in [5, 5.41) is 10.5. The van der Waals surface area contributed by atoms with Gasteiger partial charge in [0.2, 0.25) is 18.3 Å². The SMILES string of the molecule is COc1c(O)cc2c(c1OC)-c1c(cc3c(c1OC)OCO3)C[C@H](C)[C@H](C)C2. The summed E-state index contributed by atoms with van der Waals surface area (Å²) in [4.78, 5) is 0. The molecule has 150 valence electrons. The molecular formula is C22H26O6. The van der Waals surface area contributed by atoms with E-state index in [0.717, 1.165) is 35.1 Å². The summed E-state index contributed by atoms with van der Waals surface area (Å²) in [5.41, 5.74) is 3.89. The van der Waals surface area contributed by atoms with E-state index in [-0.39, 0.29) is 12.5 Å². The van der Waals surface area contributed by atoms with Gasteiger partial charge in [-0.05, 0) is 47.9 Å². The van der Waals surface area contributed by atoms with Crippen LogP contribution in [0.1, 0.15) is 25.0 Å². The highest BCUT2D eigenvalue weighted by Gasteiger charge is 2.34. The minimum Gasteiger partial charge on any atom is -0.504 e. The maximum atomic E-state index is 10.5. The normalized spacial score (nSPS) is 19.9. The average Bonchev–Trinajstić information content (AvgIpc) is 3.14. The summed E-state index contributed by atoms with van der Waals surface area (Å²) in [5.74, 6) is 3.66. The number of methoxy groups -OCH3 is 3. The van der Waals surface area contributed by atoms with Crippen LogP contribution in [-0.2, 0) is 12.8 Å². The molecule has 2 aromatic rings. The van der Waals surface area contributed by atoms with E-state index < -0.39 is 0 Å². The van der Waals surface area contributed by atoms with Crippen LogP contribution in [0.25, 0.3) is 11.1 Å². The Morgan fingerprint density at radius 1 is 0.821 bits per heavy atom. The van der Waals surface area contributed by atoms with Crippen molar-refractivity contribution in [2.45, 2.75) is 26.7 Å². The number of fused-ring (bicyclic) bond motifs is 4. The molecule has 0 radical (unpaired) electrons. The van der Waals surface area contributed by atoms with Crippen LogP contribution in [-0.4, -0.2) is 33.2 Å². The van der Waals surface area contributed by atoms with Crippen LogP contribution < -0.4 is 23.7 Å². The van der Waals surface area contributed by atoms with Crippen molar-refractivity contribution >= 4 is 0 Å². The van der Waals surface area contributed by atoms with Gasteiger partial charge in [-0.25, -0.2) is 0 Å². The second-order valence-electron chi connectivity index (χ2n) is 7.54. The Bertz CT molecular complexity index is 903. The number of benzene rings is 2. The second-order valence-corrected chi connectivity index (χ2v) is 7.54. The quantitative estimate of drug-likeness (QED) is 0.853. The first kappa shape index (κ1) is 18.6. The lowest BCUT2D eigenvalue weighted by Crippen LogP contribution is -2.18. The molecule has 0 spiro atoms. The lowest BCUT2D eigenvalue weighted by Gasteiger charge is -2.29. The maximum absolute atomic E-state index is 10.5. The van der Waals surface area contributed by atoms with E-state index in [9.17, 15) is 5.11 Å². The summed E-state index contributed by atoms with van der Waals surface area (Å²) in [7, 11) is 4.74. The van der Waals surface area contributed by atoms with Crippen LogP contribution in [0.15, 0.2) is 12.1 Å². The fraction of sp³-hybridized carbons (Fsp3) is 0.455. The van der Waals surface area contributed by atoms with Crippen LogP contribution in [0.2, 0.25) is 0 Å². The van der Waals surface area contributed by atoms with Gasteiger partial charge in [-0.2, -0.15) is 0 Å². The third-order valence-corrected chi connectivity index (χ3v) is 5.92. The second kappa shape index (κ2) is 7.00. The van der Waals surface area contributed by atoms with Gasteiger partial charge < -0.3 is 28.8 Å². The molecule has 2 aromatic carbocycles. The molecule has 4 rings (SSSR count). The van der Waals surface area contributed by atoms with Gasteiger partial charge in [-0.3, -0.25) is 0 Å². The Hall–Kier alpha value is -2.76. The molecule has 0 aromatic heterocycles. The van der Waals surface area contributed by atoms with Crippen molar-refractivity contribution in [3.63, 3.8) is 0 Å². The highest BCUT2D eigenvalue weighted by atomic mass is 16.7. The summed E-state index contributed by atoms with van der Waals surface area (Å²) >= 11 is 0. The highest BCUT2D eigenvalue weighted by molar-refractivity contribution is 5.88. The Labute approximate surface area is 164 Å². The van der Waals surface area contributed by atoms with Crippen molar-refractivity contribution in [2.24, 2.45) is 11.8 Å². The Kier molecular flexibility index (Phi) is 4.65. The monoisotopic (exact) mass is 386 g/mol. The molecule has 0 saturated carbocycles. The Morgan fingerprint density at radius 3 is 2.00 bits per heavy atom. The van der Waals surface area contributed by atoms with E-state index in [1.54, 1.807) is 20.3 Å². The summed E-state index contributed by atoms with van der Waals surface area (Å²) < 4.78 is 28.4. The zero-order valence-electron chi connectivity index (χ0n) is 16.9. The van der Waals surface area contributed by atoms with Crippen LogP contribution in [0.3, 0.4) is 0 Å². The van der Waals surface area contributed by atoms with E-state index in [4.69, 9.17) is 23.7 Å². The molecule has 1 aliphatic carbocycles. The van der Waals surface area contributed by atoms with Crippen LogP contribution in [0, 0.1) is 11.8 Å². The van der Waals surface area contributed by atoms with E-state index in [1.165, 1.54) is 7.11 Å². The predicted octanol–water partition coefficient (Wildman–Crippen LogP) is 4.18. The van der Waals surface area contributed by atoms with Gasteiger partial charge >= 0.3 is 0 Å². The van der Waals surface area contributed by atoms with E-state index in [0.29, 0.717) is 40.6 Å². The van der Waals surface area contributed by atoms with Crippen molar-refractivity contribution in [2.75, 3.05) is 28.1 Å². The summed E-state index contributed by atoms with van der Waals surface area (Å²) in [6.07, 6.45) is 1.68. The standard InChI is InChI=1S/C22H26O6/c1-11-6-13-8-15(23)19(24-3)21(25-4)17(13)18-14(7-12(11)2)9-16-20(22(18)26-5)28-10-27-16/h8-9,11-12,23H,6-7,10H2,1-5H3/t11-,12+/m1/s1. The van der Waals surface area contributed by atoms with E-state index in [2.05, 4.69) is 13.8 Å². The first-order valence-electron chi connectivity index (χ1n) is 9.46. The molecular weight excluding hydrogens is 360 g/mol. The zero-order valence-corrected chi connectivity index (χ0v) is 16.9. The van der Waals surface area contributed by atoms with Gasteiger partial charge in [0.1, 0.15) is 0 Å². The number of ether oxygens (including phenoxy) is 5. The van der Waals surface area contributed by atoms with Crippen molar-refractivity contribution in [1.82, 2.24) is 0 Å². The number of hydrogen-bond donors (Lipinski definition) is 1. The third kappa shape index (κ3) is 2.70. The molecule has 2 aliphatic rings. The molecule has 0 amide bonds. The van der Waals surface area contributed by atoms with Crippen LogP contribution in [0.4, 0.5) is 0 Å². The Morgan fingerprint density at radius 2 is 1.39 bits per heavy atom. The van der Waals surface area contributed by atoms with Crippen molar-refractivity contribution in [3.05, 3.63) is 23.3 Å². The van der Waals surface area contributed by atoms with Gasteiger partial charge in [0.05, 0.1) is 21.3 Å². The highest BCUT2D eigenvalue weighted by Crippen LogP contribution is 2.56. The zero-order chi connectivity index (χ0) is 20.0. The summed E-state index contributed by atoms with van der Waals surface area (Å²) in [6.45, 7) is 4.65. The fourth-order valence-corrected chi connectivity index (χ4v) is 4.29. The minimum absolute atomic E-state index is 0.0692. The molecule has 6 heteroatoms. The van der Waals surface area contributed by atoms with Gasteiger partial charge in [0.15, 0.2) is 23.0 Å². The number of phenols is 1. The molecule has 1 N–H and O–H groups in total. The maximum Gasteiger partial charge on any atom is 0.231 e. The number of phenolic OH excluding ortho intramolecular Hbond substituents is 1. The molecule has 0 saturated heterocycles. The van der Waals surface area contributed by atoms with Gasteiger partial charge in [-0.15, -0.1) is 0 Å². The number of rotatable bonds is 3. The van der Waals surface area contributed by atoms with Gasteiger partial charge in [0.25, 0.3) is 0 Å². The van der Waals surface area contributed by atoms with Gasteiger partial charge in [0, 0.05) is 11.1 Å². The fourth-order valence-electron chi connectivity index (χ4n) is 4.29. The number of aromatic hydroxyl groups is 1. The lowest BCUT2D eigenvalue weighted by atomic mass is 9.77. The van der Waals surface area contributed by atoms with E-state index in [1.807, 2.05) is 6.07 Å². The molecule has 1 aliphatic heterocycles. The molecule has 6 nitrogen and oxygen atoms in total. The smallest absolute Gasteiger partial charge is 0.231 e. The molecule has 0 unspecified atom stereocenters.